The fourth-order valence-corrected chi connectivity index (χ4v) is 2.39. The Morgan fingerprint density at radius 1 is 1.24 bits per heavy atom. The van der Waals surface area contributed by atoms with Crippen LogP contribution in [-0.2, 0) is 22.4 Å². The van der Waals surface area contributed by atoms with Crippen LogP contribution >= 0.6 is 0 Å². The molecule has 0 amide bonds. The Morgan fingerprint density at radius 2 is 1.90 bits per heavy atom. The van der Waals surface area contributed by atoms with Crippen molar-refractivity contribution in [2.24, 2.45) is 0 Å². The lowest BCUT2D eigenvalue weighted by Gasteiger charge is -2.05. The number of hydrogen-bond donors (Lipinski definition) is 1. The first-order chi connectivity index (χ1) is 9.92. The van der Waals surface area contributed by atoms with Crippen molar-refractivity contribution in [3.8, 4) is 0 Å². The second-order valence-corrected chi connectivity index (χ2v) is 6.18. The molecule has 0 spiro atoms. The van der Waals surface area contributed by atoms with Crippen molar-refractivity contribution < 1.29 is 17.5 Å². The van der Waals surface area contributed by atoms with Crippen LogP contribution in [0.4, 0.5) is 0 Å². The van der Waals surface area contributed by atoms with Gasteiger partial charge in [0.2, 0.25) is 0 Å². The number of nitrogens with zero attached hydrogens (tertiary/aromatic N) is 1. The van der Waals surface area contributed by atoms with Gasteiger partial charge in [-0.2, -0.15) is 0 Å². The van der Waals surface area contributed by atoms with Crippen molar-refractivity contribution in [1.82, 2.24) is 4.98 Å². The number of H-pyrrole nitrogens is 1. The number of hydrogen-bond acceptors (Lipinski definition) is 3. The van der Waals surface area contributed by atoms with Gasteiger partial charge in [0, 0.05) is 6.92 Å². The molecule has 0 radical (unpaired) electrons. The van der Waals surface area contributed by atoms with Gasteiger partial charge >= 0.3 is 0 Å². The van der Waals surface area contributed by atoms with Crippen LogP contribution in [0.25, 0.3) is 0 Å². The van der Waals surface area contributed by atoms with Crippen LogP contribution in [0.3, 0.4) is 0 Å². The molecule has 0 saturated carbocycles. The summed E-state index contributed by atoms with van der Waals surface area (Å²) in [4.78, 5) is 3.14. The first-order valence-corrected chi connectivity index (χ1v) is 8.51. The fraction of sp³-hybridized carbons (Fsp3) is 0.400. The highest BCUT2D eigenvalue weighted by atomic mass is 32.2. The third kappa shape index (κ3) is 7.63. The van der Waals surface area contributed by atoms with Gasteiger partial charge in [-0.05, 0) is 12.0 Å². The summed E-state index contributed by atoms with van der Waals surface area (Å²) in [5, 5.41) is 0. The molecule has 21 heavy (non-hydrogen) atoms. The molecule has 0 unspecified atom stereocenters. The molecule has 6 heteroatoms. The summed E-state index contributed by atoms with van der Waals surface area (Å²) in [6, 6.07) is 8.37. The minimum atomic E-state index is -4.13. The van der Waals surface area contributed by atoms with Gasteiger partial charge < -0.3 is 4.55 Å². The van der Waals surface area contributed by atoms with Gasteiger partial charge in [0.15, 0.2) is 0 Å². The van der Waals surface area contributed by atoms with Crippen LogP contribution in [0.2, 0.25) is 0 Å². The van der Waals surface area contributed by atoms with E-state index in [9.17, 15) is 13.0 Å². The normalized spacial score (nSPS) is 10.8. The summed E-state index contributed by atoms with van der Waals surface area (Å²) in [6.45, 7) is 5.45. The smallest absolute Gasteiger partial charge is 0.251 e. The number of imidazole rings is 1. The van der Waals surface area contributed by atoms with E-state index < -0.39 is 15.9 Å². The highest BCUT2D eigenvalue weighted by molar-refractivity contribution is 7.84. The molecule has 0 atom stereocenters. The molecule has 0 aliphatic carbocycles. The minimum absolute atomic E-state index is 0.423. The van der Waals surface area contributed by atoms with Crippen LogP contribution in [0.1, 0.15) is 31.2 Å². The molecule has 2 aromatic rings. The lowest BCUT2D eigenvalue weighted by atomic mass is 10.2. The van der Waals surface area contributed by atoms with Crippen molar-refractivity contribution in [2.45, 2.75) is 39.0 Å². The SMILES string of the molecule is CCCC[n+]1cc[nH]c1C.O=S(=O)([O-])Cc1ccccc1. The maximum absolute atomic E-state index is 10.2. The van der Waals surface area contributed by atoms with E-state index in [1.165, 1.54) is 18.7 Å². The van der Waals surface area contributed by atoms with Crippen molar-refractivity contribution >= 4 is 10.1 Å². The van der Waals surface area contributed by atoms with E-state index in [0.717, 1.165) is 6.54 Å². The Bertz CT molecular complexity index is 621. The van der Waals surface area contributed by atoms with Crippen LogP contribution < -0.4 is 4.57 Å². The molecular weight excluding hydrogens is 288 g/mol. The first kappa shape index (κ1) is 17.4. The number of aryl methyl sites for hydroxylation is 2. The zero-order valence-electron chi connectivity index (χ0n) is 12.5. The molecule has 1 N–H and O–H groups in total. The molecule has 5 nitrogen and oxygen atoms in total. The van der Waals surface area contributed by atoms with E-state index >= 15 is 0 Å². The van der Waals surface area contributed by atoms with Gasteiger partial charge in [0.25, 0.3) is 5.82 Å². The number of rotatable bonds is 5. The van der Waals surface area contributed by atoms with Gasteiger partial charge in [0.1, 0.15) is 12.4 Å². The maximum atomic E-state index is 10.2. The van der Waals surface area contributed by atoms with Gasteiger partial charge in [-0.1, -0.05) is 43.7 Å². The standard InChI is InChI=1S/C8H14N2.C7H8O3S/c1-3-4-6-10-7-5-9-8(10)2;8-11(9,10)6-7-4-2-1-3-5-7/h5,7H,3-4,6H2,1-2H3;1-5H,6H2,(H,8,9,10). The Balaban J connectivity index is 0.000000211. The summed E-state index contributed by atoms with van der Waals surface area (Å²) in [5.74, 6) is 0.821. The van der Waals surface area contributed by atoms with E-state index in [1.807, 2.05) is 6.20 Å². The molecule has 0 fully saturated rings. The third-order valence-corrected chi connectivity index (χ3v) is 3.60. The van der Waals surface area contributed by atoms with Crippen molar-refractivity contribution in [1.29, 1.82) is 0 Å². The van der Waals surface area contributed by atoms with E-state index in [1.54, 1.807) is 30.3 Å². The molecule has 0 aliphatic rings. The third-order valence-electron chi connectivity index (χ3n) is 2.92. The van der Waals surface area contributed by atoms with Gasteiger partial charge in [-0.25, -0.2) is 18.0 Å². The van der Waals surface area contributed by atoms with Crippen molar-refractivity contribution in [3.63, 3.8) is 0 Å². The molecule has 0 bridgehead atoms. The Morgan fingerprint density at radius 3 is 2.38 bits per heavy atom. The zero-order chi connectivity index (χ0) is 15.7. The Labute approximate surface area is 126 Å². The average molecular weight is 310 g/mol. The van der Waals surface area contributed by atoms with Gasteiger partial charge in [-0.15, -0.1) is 0 Å². The van der Waals surface area contributed by atoms with E-state index in [2.05, 4.69) is 29.6 Å². The number of aromatic nitrogens is 2. The summed E-state index contributed by atoms with van der Waals surface area (Å²) >= 11 is 0. The lowest BCUT2D eigenvalue weighted by molar-refractivity contribution is -0.701. The quantitative estimate of drug-likeness (QED) is 0.679. The highest BCUT2D eigenvalue weighted by Crippen LogP contribution is 2.02. The molecule has 0 saturated heterocycles. The largest absolute Gasteiger partial charge is 0.748 e. The number of aromatic amines is 1. The highest BCUT2D eigenvalue weighted by Gasteiger charge is 2.01. The first-order valence-electron chi connectivity index (χ1n) is 6.93. The van der Waals surface area contributed by atoms with E-state index in [4.69, 9.17) is 0 Å². The fourth-order valence-electron chi connectivity index (χ4n) is 1.79. The minimum Gasteiger partial charge on any atom is -0.748 e. The van der Waals surface area contributed by atoms with Gasteiger partial charge in [-0.3, -0.25) is 0 Å². The molecule has 116 valence electrons. The predicted octanol–water partition coefficient (Wildman–Crippen LogP) is 2.14. The molecule has 1 aromatic heterocycles. The van der Waals surface area contributed by atoms with Crippen LogP contribution in [0, 0.1) is 6.92 Å². The summed E-state index contributed by atoms with van der Waals surface area (Å²) in [6.07, 6.45) is 6.59. The second-order valence-electron chi connectivity index (χ2n) is 4.78. The molecule has 2 rings (SSSR count). The van der Waals surface area contributed by atoms with Crippen LogP contribution in [0.5, 0.6) is 0 Å². The van der Waals surface area contributed by atoms with Crippen molar-refractivity contribution in [3.05, 3.63) is 54.1 Å². The number of benzene rings is 1. The summed E-state index contributed by atoms with van der Waals surface area (Å²) in [7, 11) is -4.13. The Hall–Kier alpha value is -1.66. The van der Waals surface area contributed by atoms with Crippen molar-refractivity contribution in [2.75, 3.05) is 0 Å². The monoisotopic (exact) mass is 310 g/mol. The molecular formula is C15H22N2O3S. The van der Waals surface area contributed by atoms with Crippen LogP contribution in [-0.4, -0.2) is 18.0 Å². The average Bonchev–Trinajstić information content (AvgIpc) is 2.82. The maximum Gasteiger partial charge on any atom is 0.251 e. The second kappa shape index (κ2) is 8.59. The lowest BCUT2D eigenvalue weighted by Crippen LogP contribution is -2.34. The van der Waals surface area contributed by atoms with E-state index in [0.29, 0.717) is 5.56 Å². The molecule has 1 heterocycles. The summed E-state index contributed by atoms with van der Waals surface area (Å²) < 4.78 is 33.0. The molecule has 0 aliphatic heterocycles. The van der Waals surface area contributed by atoms with Crippen LogP contribution in [0.15, 0.2) is 42.7 Å². The Kier molecular flexibility index (Phi) is 7.11. The number of nitrogens with one attached hydrogen (secondary N) is 1. The molecule has 1 aromatic carbocycles. The van der Waals surface area contributed by atoms with E-state index in [-0.39, 0.29) is 0 Å². The zero-order valence-corrected chi connectivity index (χ0v) is 13.3. The topological polar surface area (TPSA) is 76.9 Å². The number of unbranched alkanes of at least 4 members (excludes halogenated alkanes) is 1. The summed E-state index contributed by atoms with van der Waals surface area (Å²) in [5.41, 5.74) is 0.530. The predicted molar refractivity (Wildman–Crippen MR) is 80.5 cm³/mol. The van der Waals surface area contributed by atoms with Gasteiger partial charge in [0.05, 0.1) is 22.4 Å².